The van der Waals surface area contributed by atoms with E-state index in [9.17, 15) is 4.79 Å². The first-order valence-corrected chi connectivity index (χ1v) is 9.66. The van der Waals surface area contributed by atoms with Crippen molar-refractivity contribution in [1.29, 1.82) is 0 Å². The fraction of sp³-hybridized carbons (Fsp3) is 0.684. The highest BCUT2D eigenvalue weighted by Gasteiger charge is 2.26. The number of aromatic nitrogens is 1. The molecule has 1 aromatic heterocycles. The van der Waals surface area contributed by atoms with Crippen LogP contribution in [0.5, 0.6) is 0 Å². The molecule has 0 aliphatic carbocycles. The summed E-state index contributed by atoms with van der Waals surface area (Å²) in [4.78, 5) is 22.2. The van der Waals surface area contributed by atoms with Gasteiger partial charge in [0, 0.05) is 35.8 Å². The Hall–Kier alpha value is -1.43. The van der Waals surface area contributed by atoms with Crippen LogP contribution < -0.4 is 4.90 Å². The molecule has 0 unspecified atom stereocenters. The Morgan fingerprint density at radius 1 is 1.08 bits per heavy atom. The number of rotatable bonds is 2. The van der Waals surface area contributed by atoms with Gasteiger partial charge >= 0.3 is 6.09 Å². The number of hydrogen-bond donors (Lipinski definition) is 0. The second-order valence-electron chi connectivity index (χ2n) is 8.42. The molecule has 1 aliphatic rings. The fourth-order valence-electron chi connectivity index (χ4n) is 2.59. The van der Waals surface area contributed by atoms with E-state index in [1.54, 1.807) is 4.90 Å². The molecule has 2 rings (SSSR count). The average Bonchev–Trinajstić information content (AvgIpc) is 2.46. The van der Waals surface area contributed by atoms with Gasteiger partial charge in [0.2, 0.25) is 0 Å². The molecule has 25 heavy (non-hydrogen) atoms. The Balaban J connectivity index is 1.97. The van der Waals surface area contributed by atoms with Gasteiger partial charge in [-0.05, 0) is 39.8 Å². The van der Waals surface area contributed by atoms with Crippen molar-refractivity contribution in [2.45, 2.75) is 63.7 Å². The second-order valence-corrected chi connectivity index (χ2v) is 10.3. The van der Waals surface area contributed by atoms with E-state index in [1.165, 1.54) is 4.90 Å². The highest BCUT2D eigenvalue weighted by atomic mass is 32.2. The Morgan fingerprint density at radius 2 is 1.68 bits per heavy atom. The predicted molar refractivity (Wildman–Crippen MR) is 105 cm³/mol. The first-order valence-electron chi connectivity index (χ1n) is 8.84. The SMILES string of the molecule is Cc1nc(N2CCN(C(=O)OC(C)(C)C)CC2)ccc1SC(C)(C)C. The minimum Gasteiger partial charge on any atom is -0.444 e. The molecule has 0 spiro atoms. The highest BCUT2D eigenvalue weighted by molar-refractivity contribution is 8.00. The molecular weight excluding hydrogens is 334 g/mol. The average molecular weight is 366 g/mol. The Morgan fingerprint density at radius 3 is 2.16 bits per heavy atom. The molecule has 0 atom stereocenters. The molecule has 1 saturated heterocycles. The minimum absolute atomic E-state index is 0.174. The number of thioether (sulfide) groups is 1. The maximum Gasteiger partial charge on any atom is 0.410 e. The third-order valence-electron chi connectivity index (χ3n) is 3.69. The molecule has 0 N–H and O–H groups in total. The number of amides is 1. The number of hydrogen-bond acceptors (Lipinski definition) is 5. The first kappa shape index (κ1) is 19.9. The van der Waals surface area contributed by atoms with Gasteiger partial charge in [-0.15, -0.1) is 11.8 Å². The summed E-state index contributed by atoms with van der Waals surface area (Å²) in [7, 11) is 0. The van der Waals surface area contributed by atoms with E-state index in [0.717, 1.165) is 24.6 Å². The van der Waals surface area contributed by atoms with E-state index in [0.29, 0.717) is 13.1 Å². The molecule has 6 heteroatoms. The summed E-state index contributed by atoms with van der Waals surface area (Å²) in [5, 5.41) is 0. The van der Waals surface area contributed by atoms with Crippen molar-refractivity contribution in [2.24, 2.45) is 0 Å². The van der Waals surface area contributed by atoms with Crippen LogP contribution in [0.15, 0.2) is 17.0 Å². The standard InChI is InChI=1S/C19H31N3O2S/c1-14-15(25-19(5,6)7)8-9-16(20-14)21-10-12-22(13-11-21)17(23)24-18(2,3)4/h8-9H,10-13H2,1-7H3. The van der Waals surface area contributed by atoms with Crippen LogP contribution in [0.1, 0.15) is 47.2 Å². The normalized spacial score (nSPS) is 16.1. The van der Waals surface area contributed by atoms with E-state index in [1.807, 2.05) is 32.5 Å². The number of carbonyl (C=O) groups is 1. The van der Waals surface area contributed by atoms with Crippen LogP contribution in [-0.4, -0.2) is 52.5 Å². The van der Waals surface area contributed by atoms with Crippen LogP contribution in [0.3, 0.4) is 0 Å². The number of nitrogens with zero attached hydrogens (tertiary/aromatic N) is 3. The van der Waals surface area contributed by atoms with Crippen molar-refractivity contribution in [2.75, 3.05) is 31.1 Å². The first-order chi connectivity index (χ1) is 11.4. The molecular formula is C19H31N3O2S. The number of anilines is 1. The zero-order chi connectivity index (χ0) is 18.8. The van der Waals surface area contributed by atoms with Crippen molar-refractivity contribution in [3.63, 3.8) is 0 Å². The van der Waals surface area contributed by atoms with Gasteiger partial charge < -0.3 is 14.5 Å². The molecule has 0 bridgehead atoms. The lowest BCUT2D eigenvalue weighted by Gasteiger charge is -2.36. The van der Waals surface area contributed by atoms with E-state index < -0.39 is 5.60 Å². The molecule has 0 saturated carbocycles. The van der Waals surface area contributed by atoms with Gasteiger partial charge in [0.25, 0.3) is 0 Å². The zero-order valence-electron chi connectivity index (χ0n) is 16.5. The van der Waals surface area contributed by atoms with Crippen molar-refractivity contribution in [3.05, 3.63) is 17.8 Å². The van der Waals surface area contributed by atoms with E-state index in [2.05, 4.69) is 44.7 Å². The van der Waals surface area contributed by atoms with Gasteiger partial charge in [0.05, 0.1) is 5.69 Å². The van der Waals surface area contributed by atoms with Crippen LogP contribution in [0.2, 0.25) is 0 Å². The van der Waals surface area contributed by atoms with Crippen molar-refractivity contribution < 1.29 is 9.53 Å². The lowest BCUT2D eigenvalue weighted by Crippen LogP contribution is -2.50. The summed E-state index contributed by atoms with van der Waals surface area (Å²) in [6.45, 7) is 17.2. The van der Waals surface area contributed by atoms with Gasteiger partial charge in [-0.25, -0.2) is 9.78 Å². The fourth-order valence-corrected chi connectivity index (χ4v) is 3.58. The maximum absolute atomic E-state index is 12.2. The van der Waals surface area contributed by atoms with Gasteiger partial charge in [-0.1, -0.05) is 20.8 Å². The summed E-state index contributed by atoms with van der Waals surface area (Å²) in [6.07, 6.45) is -0.229. The lowest BCUT2D eigenvalue weighted by molar-refractivity contribution is 0.0240. The number of pyridine rings is 1. The molecule has 1 amide bonds. The van der Waals surface area contributed by atoms with Gasteiger partial charge in [0.15, 0.2) is 0 Å². The summed E-state index contributed by atoms with van der Waals surface area (Å²) < 4.78 is 5.62. The quantitative estimate of drug-likeness (QED) is 0.730. The molecule has 5 nitrogen and oxygen atoms in total. The van der Waals surface area contributed by atoms with Crippen LogP contribution in [0.4, 0.5) is 10.6 Å². The molecule has 1 aromatic rings. The monoisotopic (exact) mass is 365 g/mol. The van der Waals surface area contributed by atoms with Gasteiger partial charge in [-0.3, -0.25) is 0 Å². The maximum atomic E-state index is 12.2. The van der Waals surface area contributed by atoms with Crippen LogP contribution in [0, 0.1) is 6.92 Å². The lowest BCUT2D eigenvalue weighted by atomic mass is 10.2. The molecule has 0 aromatic carbocycles. The number of carbonyl (C=O) groups excluding carboxylic acids is 1. The number of aryl methyl sites for hydroxylation is 1. The molecule has 140 valence electrons. The van der Waals surface area contributed by atoms with E-state index >= 15 is 0 Å². The zero-order valence-corrected chi connectivity index (χ0v) is 17.4. The van der Waals surface area contributed by atoms with E-state index in [-0.39, 0.29) is 10.8 Å². The van der Waals surface area contributed by atoms with Crippen molar-refractivity contribution >= 4 is 23.7 Å². The summed E-state index contributed by atoms with van der Waals surface area (Å²) >= 11 is 1.84. The molecule has 0 radical (unpaired) electrons. The number of ether oxygens (including phenoxy) is 1. The Bertz CT molecular complexity index is 612. The predicted octanol–water partition coefficient (Wildman–Crippen LogP) is 4.34. The summed E-state index contributed by atoms with van der Waals surface area (Å²) in [6, 6.07) is 4.25. The topological polar surface area (TPSA) is 45.7 Å². The summed E-state index contributed by atoms with van der Waals surface area (Å²) in [5.74, 6) is 0.986. The van der Waals surface area contributed by atoms with Crippen LogP contribution in [-0.2, 0) is 4.74 Å². The molecule has 2 heterocycles. The van der Waals surface area contributed by atoms with Gasteiger partial charge in [0.1, 0.15) is 11.4 Å². The Kier molecular flexibility index (Phi) is 5.92. The molecule has 1 aliphatic heterocycles. The smallest absolute Gasteiger partial charge is 0.410 e. The van der Waals surface area contributed by atoms with E-state index in [4.69, 9.17) is 9.72 Å². The van der Waals surface area contributed by atoms with Crippen molar-refractivity contribution in [3.8, 4) is 0 Å². The third-order valence-corrected chi connectivity index (χ3v) is 4.96. The van der Waals surface area contributed by atoms with Crippen LogP contribution in [0.25, 0.3) is 0 Å². The largest absolute Gasteiger partial charge is 0.444 e. The van der Waals surface area contributed by atoms with Crippen LogP contribution >= 0.6 is 11.8 Å². The second kappa shape index (κ2) is 7.44. The summed E-state index contributed by atoms with van der Waals surface area (Å²) in [5.41, 5.74) is 0.611. The third kappa shape index (κ3) is 6.10. The van der Waals surface area contributed by atoms with Gasteiger partial charge in [-0.2, -0.15) is 0 Å². The highest BCUT2D eigenvalue weighted by Crippen LogP contribution is 2.34. The minimum atomic E-state index is -0.451. The van der Waals surface area contributed by atoms with Crippen molar-refractivity contribution in [1.82, 2.24) is 9.88 Å². The molecule has 1 fully saturated rings. The Labute approximate surface area is 156 Å². The number of piperazine rings is 1.